The minimum atomic E-state index is -5.19. The van der Waals surface area contributed by atoms with Crippen molar-refractivity contribution in [2.45, 2.75) is 82.7 Å². The average Bonchev–Trinajstić information content (AvgIpc) is 3.02. The Morgan fingerprint density at radius 3 is 2.22 bits per heavy atom. The Morgan fingerprint density at radius 2 is 1.65 bits per heavy atom. The molecule has 5 N–H and O–H groups in total. The van der Waals surface area contributed by atoms with E-state index >= 15 is 0 Å². The minimum Gasteiger partial charge on any atom is -0.542 e. The molecule has 1 aliphatic carbocycles. The van der Waals surface area contributed by atoms with E-state index in [0.29, 0.717) is 56.3 Å². The lowest BCUT2D eigenvalue weighted by Gasteiger charge is -2.45. The summed E-state index contributed by atoms with van der Waals surface area (Å²) < 4.78 is 37.3. The number of rotatable bonds is 9. The fourth-order valence-electron chi connectivity index (χ4n) is 6.43. The average molecular weight is 695 g/mol. The van der Waals surface area contributed by atoms with Gasteiger partial charge in [0.25, 0.3) is 0 Å². The number of piperidine rings is 1. The molecule has 0 aromatic heterocycles. The summed E-state index contributed by atoms with van der Waals surface area (Å²) in [5.41, 5.74) is 8.22. The molecule has 15 heteroatoms. The molecule has 1 saturated carbocycles. The standard InChI is InChI=1S/C32H44N4O6.C2HF3O2/c1-3-42-31(40)24-11-13-25(14-12-24)34-32(41)35(30(39)29(33)19-22-9-15-27(37)16-10-22)26-7-5-17-36(2,21-26)20-23-6-4-8-28(38)18-23;3-2(4,5)1(6)7/h4,6,8-10,15-16,18,24-26,29H,3,5,7,11-14,17,19-21,33H2,1-2H3,(H2-,34,37,38,41);(H,6,7)/t24?,25?,26-,29-,36?;/m0./s1. The molecule has 2 aliphatic rings. The van der Waals surface area contributed by atoms with Crippen LogP contribution in [0.25, 0.3) is 0 Å². The highest BCUT2D eigenvalue weighted by Gasteiger charge is 2.41. The predicted molar refractivity (Wildman–Crippen MR) is 169 cm³/mol. The SMILES string of the molecule is CCOC(=O)C1CCC(NC(=O)N(C(=O)[C@@H](N)Cc2ccc(O)cc2)[C@H]2CCC[N+](C)(Cc3cccc(O)c3)C2)CC1.O=C([O-])C(F)(F)F. The van der Waals surface area contributed by atoms with Gasteiger partial charge in [-0.05, 0) is 81.7 Å². The Balaban J connectivity index is 0.000000838. The molecule has 3 atom stereocenters. The molecule has 1 aliphatic heterocycles. The van der Waals surface area contributed by atoms with Crippen LogP contribution in [0.2, 0.25) is 0 Å². The lowest BCUT2D eigenvalue weighted by Crippen LogP contribution is -2.63. The van der Waals surface area contributed by atoms with E-state index in [-0.39, 0.29) is 41.9 Å². The second-order valence-corrected chi connectivity index (χ2v) is 12.9. The number of urea groups is 1. The largest absolute Gasteiger partial charge is 0.542 e. The van der Waals surface area contributed by atoms with Gasteiger partial charge in [0.2, 0.25) is 5.91 Å². The first-order valence-corrected chi connectivity index (χ1v) is 16.2. The van der Waals surface area contributed by atoms with Gasteiger partial charge in [0.05, 0.1) is 38.2 Å². The van der Waals surface area contributed by atoms with Gasteiger partial charge >= 0.3 is 18.2 Å². The Morgan fingerprint density at radius 1 is 1.02 bits per heavy atom. The van der Waals surface area contributed by atoms with Crippen molar-refractivity contribution in [3.8, 4) is 11.5 Å². The second kappa shape index (κ2) is 17.3. The molecule has 0 bridgehead atoms. The molecule has 3 amide bonds. The number of carboxylic acids is 1. The number of hydrogen-bond acceptors (Lipinski definition) is 9. The van der Waals surface area contributed by atoms with Crippen molar-refractivity contribution in [2.75, 3.05) is 26.7 Å². The smallest absolute Gasteiger partial charge is 0.430 e. The fourth-order valence-corrected chi connectivity index (χ4v) is 6.43. The molecule has 2 fully saturated rings. The van der Waals surface area contributed by atoms with Crippen LogP contribution in [0.15, 0.2) is 48.5 Å². The molecule has 49 heavy (non-hydrogen) atoms. The van der Waals surface area contributed by atoms with Crippen LogP contribution in [0, 0.1) is 5.92 Å². The zero-order valence-corrected chi connectivity index (χ0v) is 27.7. The highest BCUT2D eigenvalue weighted by Crippen LogP contribution is 2.28. The summed E-state index contributed by atoms with van der Waals surface area (Å²) in [6, 6.07) is 11.8. The number of hydrogen-bond donors (Lipinski definition) is 4. The number of likely N-dealkylation sites (N-methyl/N-ethyl adjacent to an activating group) is 1. The van der Waals surface area contributed by atoms with Gasteiger partial charge in [0.15, 0.2) is 0 Å². The minimum absolute atomic E-state index is 0.128. The zero-order chi connectivity index (χ0) is 36.4. The summed E-state index contributed by atoms with van der Waals surface area (Å²) in [4.78, 5) is 50.1. The number of quaternary nitrogens is 1. The van der Waals surface area contributed by atoms with Crippen molar-refractivity contribution in [3.05, 3.63) is 59.7 Å². The number of carbonyl (C=O) groups is 4. The molecule has 0 radical (unpaired) electrons. The van der Waals surface area contributed by atoms with Gasteiger partial charge in [-0.25, -0.2) is 4.79 Å². The van der Waals surface area contributed by atoms with Crippen LogP contribution in [0.3, 0.4) is 0 Å². The number of ether oxygens (including phenoxy) is 1. The third kappa shape index (κ3) is 11.9. The van der Waals surface area contributed by atoms with E-state index in [1.165, 1.54) is 4.90 Å². The van der Waals surface area contributed by atoms with Crippen molar-refractivity contribution in [3.63, 3.8) is 0 Å². The quantitative estimate of drug-likeness (QED) is 0.227. The van der Waals surface area contributed by atoms with E-state index in [4.69, 9.17) is 20.4 Å². The number of aromatic hydroxyl groups is 2. The van der Waals surface area contributed by atoms with E-state index in [9.17, 15) is 37.8 Å². The molecule has 1 saturated heterocycles. The monoisotopic (exact) mass is 694 g/mol. The van der Waals surface area contributed by atoms with Crippen molar-refractivity contribution < 1.29 is 56.9 Å². The van der Waals surface area contributed by atoms with Crippen LogP contribution >= 0.6 is 0 Å². The van der Waals surface area contributed by atoms with E-state index in [1.807, 2.05) is 12.1 Å². The number of imide groups is 1. The lowest BCUT2D eigenvalue weighted by atomic mass is 9.86. The van der Waals surface area contributed by atoms with Crippen LogP contribution in [0.1, 0.15) is 56.6 Å². The normalized spacial score (nSPS) is 22.9. The third-order valence-corrected chi connectivity index (χ3v) is 8.80. The van der Waals surface area contributed by atoms with Gasteiger partial charge in [-0.15, -0.1) is 0 Å². The number of phenolic OH excluding ortho intramolecular Hbond substituents is 2. The maximum atomic E-state index is 13.9. The molecular weight excluding hydrogens is 649 g/mol. The maximum absolute atomic E-state index is 13.9. The number of alkyl halides is 3. The zero-order valence-electron chi connectivity index (χ0n) is 27.7. The highest BCUT2D eigenvalue weighted by atomic mass is 19.4. The van der Waals surface area contributed by atoms with Gasteiger partial charge in [0.1, 0.15) is 30.6 Å². The molecule has 270 valence electrons. The number of nitrogens with zero attached hydrogens (tertiary/aromatic N) is 2. The molecule has 1 heterocycles. The van der Waals surface area contributed by atoms with Crippen molar-refractivity contribution in [1.82, 2.24) is 10.2 Å². The highest BCUT2D eigenvalue weighted by molar-refractivity contribution is 5.97. The predicted octanol–water partition coefficient (Wildman–Crippen LogP) is 2.74. The van der Waals surface area contributed by atoms with Gasteiger partial charge in [0, 0.05) is 11.6 Å². The number of benzene rings is 2. The summed E-state index contributed by atoms with van der Waals surface area (Å²) in [7, 11) is 2.11. The van der Waals surface area contributed by atoms with E-state index < -0.39 is 30.1 Å². The Kier molecular flexibility index (Phi) is 13.8. The first-order chi connectivity index (χ1) is 23.0. The molecule has 4 rings (SSSR count). The van der Waals surface area contributed by atoms with E-state index in [1.54, 1.807) is 43.3 Å². The van der Waals surface area contributed by atoms with Crippen LogP contribution in [0.4, 0.5) is 18.0 Å². The van der Waals surface area contributed by atoms with Crippen LogP contribution in [-0.4, -0.2) is 94.5 Å². The van der Waals surface area contributed by atoms with Gasteiger partial charge in [-0.3, -0.25) is 14.5 Å². The van der Waals surface area contributed by atoms with Gasteiger partial charge < -0.3 is 40.4 Å². The van der Waals surface area contributed by atoms with Crippen molar-refractivity contribution >= 4 is 23.9 Å². The Hall–Kier alpha value is -4.37. The topological polar surface area (TPSA) is 182 Å². The van der Waals surface area contributed by atoms with Gasteiger partial charge in [-0.2, -0.15) is 13.2 Å². The fraction of sp³-hybridized carbons (Fsp3) is 0.529. The number of amides is 3. The number of phenols is 2. The van der Waals surface area contributed by atoms with Crippen LogP contribution in [-0.2, 0) is 32.1 Å². The van der Waals surface area contributed by atoms with Crippen LogP contribution in [0.5, 0.6) is 11.5 Å². The molecule has 1 unspecified atom stereocenters. The molecule has 2 aromatic carbocycles. The second-order valence-electron chi connectivity index (χ2n) is 12.9. The molecule has 0 spiro atoms. The summed E-state index contributed by atoms with van der Waals surface area (Å²) in [5.74, 6) is -3.46. The Labute approximate surface area is 283 Å². The first-order valence-electron chi connectivity index (χ1n) is 16.2. The van der Waals surface area contributed by atoms with Crippen molar-refractivity contribution in [1.29, 1.82) is 0 Å². The van der Waals surface area contributed by atoms with E-state index in [0.717, 1.165) is 24.1 Å². The number of aliphatic carboxylic acids is 1. The number of carbonyl (C=O) groups excluding carboxylic acids is 4. The summed E-state index contributed by atoms with van der Waals surface area (Å²) in [6.07, 6.45) is -0.945. The molecular formula is C34H45F3N4O8. The molecule has 2 aromatic rings. The number of carboxylic acid groups (broad SMARTS) is 1. The summed E-state index contributed by atoms with van der Waals surface area (Å²) in [5, 5.41) is 31.5. The van der Waals surface area contributed by atoms with E-state index in [2.05, 4.69) is 12.4 Å². The molecule has 12 nitrogen and oxygen atoms in total. The summed E-state index contributed by atoms with van der Waals surface area (Å²) in [6.45, 7) is 4.25. The number of nitrogens with one attached hydrogen (secondary N) is 1. The third-order valence-electron chi connectivity index (χ3n) is 8.80. The summed E-state index contributed by atoms with van der Waals surface area (Å²) >= 11 is 0. The lowest BCUT2D eigenvalue weighted by molar-refractivity contribution is -0.928. The number of halogens is 3. The van der Waals surface area contributed by atoms with Gasteiger partial charge in [-0.1, -0.05) is 24.3 Å². The number of nitrogens with two attached hydrogens (primary N) is 1. The Bertz CT molecular complexity index is 1430. The maximum Gasteiger partial charge on any atom is 0.430 e. The number of likely N-dealkylation sites (tertiary alicyclic amines) is 1. The van der Waals surface area contributed by atoms with Crippen LogP contribution < -0.4 is 16.2 Å². The number of esters is 1. The van der Waals surface area contributed by atoms with Crippen molar-refractivity contribution in [2.24, 2.45) is 11.7 Å². The first kappa shape index (κ1) is 39.1.